The highest BCUT2D eigenvalue weighted by atomic mass is 32.2. The highest BCUT2D eigenvalue weighted by Gasteiger charge is 2.19. The second kappa shape index (κ2) is 4.79. The molecule has 1 heterocycles. The molecule has 0 saturated heterocycles. The van der Waals surface area contributed by atoms with Crippen molar-refractivity contribution in [3.63, 3.8) is 0 Å². The average molecular weight is 223 g/mol. The van der Waals surface area contributed by atoms with Gasteiger partial charge in [-0.3, -0.25) is 4.79 Å². The van der Waals surface area contributed by atoms with Crippen molar-refractivity contribution in [2.75, 3.05) is 19.7 Å². The second-order valence-electron chi connectivity index (χ2n) is 3.50. The molecular weight excluding hydrogens is 210 g/mol. The molecule has 0 radical (unpaired) electrons. The van der Waals surface area contributed by atoms with Crippen LogP contribution in [-0.4, -0.2) is 34.9 Å². The van der Waals surface area contributed by atoms with Gasteiger partial charge >= 0.3 is 0 Å². The zero-order valence-corrected chi connectivity index (χ0v) is 9.17. The SMILES string of the molecule is O=C1Cc2ccccc2SN(CCO)C1. The second-order valence-corrected chi connectivity index (χ2v) is 4.64. The summed E-state index contributed by atoms with van der Waals surface area (Å²) in [6.07, 6.45) is 0.505. The normalized spacial score (nSPS) is 17.3. The largest absolute Gasteiger partial charge is 0.395 e. The molecule has 0 spiro atoms. The number of aliphatic hydroxyl groups is 1. The molecule has 1 aliphatic heterocycles. The molecule has 0 fully saturated rings. The zero-order chi connectivity index (χ0) is 10.7. The van der Waals surface area contributed by atoms with Crippen molar-refractivity contribution in [3.05, 3.63) is 29.8 Å². The van der Waals surface area contributed by atoms with Gasteiger partial charge in [0.2, 0.25) is 0 Å². The number of Topliss-reactive ketones (excluding diaryl/α,β-unsaturated/α-hetero) is 1. The molecule has 1 N–H and O–H groups in total. The van der Waals surface area contributed by atoms with Crippen LogP contribution >= 0.6 is 11.9 Å². The maximum absolute atomic E-state index is 11.6. The van der Waals surface area contributed by atoms with E-state index < -0.39 is 0 Å². The van der Waals surface area contributed by atoms with Gasteiger partial charge < -0.3 is 5.11 Å². The lowest BCUT2D eigenvalue weighted by Gasteiger charge is -2.16. The molecule has 1 aromatic carbocycles. The number of β-amino-alcohol motifs (C(OH)–C–C–N with tert-alkyl or cyclic N) is 1. The third-order valence-corrected chi connectivity index (χ3v) is 3.45. The minimum atomic E-state index is 0.0858. The Balaban J connectivity index is 2.23. The van der Waals surface area contributed by atoms with Crippen LogP contribution in [0.5, 0.6) is 0 Å². The van der Waals surface area contributed by atoms with Gasteiger partial charge in [-0.25, -0.2) is 4.31 Å². The highest BCUT2D eigenvalue weighted by molar-refractivity contribution is 7.97. The molecule has 0 unspecified atom stereocenters. The monoisotopic (exact) mass is 223 g/mol. The van der Waals surface area contributed by atoms with Crippen LogP contribution in [-0.2, 0) is 11.2 Å². The fourth-order valence-electron chi connectivity index (χ4n) is 1.61. The smallest absolute Gasteiger partial charge is 0.152 e. The lowest BCUT2D eigenvalue weighted by atomic mass is 10.1. The molecule has 0 saturated carbocycles. The molecule has 1 aliphatic rings. The summed E-state index contributed by atoms with van der Waals surface area (Å²) < 4.78 is 1.91. The van der Waals surface area contributed by atoms with Gasteiger partial charge in [-0.05, 0) is 23.6 Å². The third-order valence-electron chi connectivity index (χ3n) is 2.29. The molecule has 0 aromatic heterocycles. The molecular formula is C11H13NO2S. The van der Waals surface area contributed by atoms with Crippen molar-refractivity contribution in [2.24, 2.45) is 0 Å². The van der Waals surface area contributed by atoms with E-state index in [1.54, 1.807) is 11.9 Å². The molecule has 1 aromatic rings. The number of carbonyl (C=O) groups is 1. The van der Waals surface area contributed by atoms with Crippen molar-refractivity contribution >= 4 is 17.7 Å². The summed E-state index contributed by atoms with van der Waals surface area (Å²) in [7, 11) is 0. The fraction of sp³-hybridized carbons (Fsp3) is 0.364. The highest BCUT2D eigenvalue weighted by Crippen LogP contribution is 2.29. The van der Waals surface area contributed by atoms with Gasteiger partial charge in [-0.2, -0.15) is 0 Å². The zero-order valence-electron chi connectivity index (χ0n) is 8.35. The van der Waals surface area contributed by atoms with E-state index in [1.165, 1.54) is 0 Å². The Hall–Kier alpha value is -0.840. The van der Waals surface area contributed by atoms with Crippen molar-refractivity contribution in [1.29, 1.82) is 0 Å². The Bertz CT molecular complexity index is 367. The van der Waals surface area contributed by atoms with Crippen LogP contribution in [0.4, 0.5) is 0 Å². The first kappa shape index (κ1) is 10.7. The number of fused-ring (bicyclic) bond motifs is 1. The van der Waals surface area contributed by atoms with Crippen LogP contribution in [0.2, 0.25) is 0 Å². The molecule has 2 rings (SSSR count). The van der Waals surface area contributed by atoms with E-state index in [0.717, 1.165) is 10.5 Å². The van der Waals surface area contributed by atoms with E-state index in [0.29, 0.717) is 19.5 Å². The number of aliphatic hydroxyl groups excluding tert-OH is 1. The minimum absolute atomic E-state index is 0.0858. The van der Waals surface area contributed by atoms with Crippen LogP contribution < -0.4 is 0 Å². The Morgan fingerprint density at radius 1 is 1.40 bits per heavy atom. The first-order valence-electron chi connectivity index (χ1n) is 4.93. The fourth-order valence-corrected chi connectivity index (χ4v) is 2.67. The summed E-state index contributed by atoms with van der Waals surface area (Å²) in [4.78, 5) is 12.7. The van der Waals surface area contributed by atoms with Gasteiger partial charge in [0, 0.05) is 17.9 Å². The topological polar surface area (TPSA) is 40.5 Å². The molecule has 15 heavy (non-hydrogen) atoms. The molecule has 80 valence electrons. The first-order chi connectivity index (χ1) is 7.29. The lowest BCUT2D eigenvalue weighted by Crippen LogP contribution is -2.25. The van der Waals surface area contributed by atoms with Crippen molar-refractivity contribution in [2.45, 2.75) is 11.3 Å². The molecule has 0 amide bonds. The van der Waals surface area contributed by atoms with Crippen molar-refractivity contribution in [3.8, 4) is 0 Å². The summed E-state index contributed by atoms with van der Waals surface area (Å²) in [5.41, 5.74) is 1.09. The van der Waals surface area contributed by atoms with Crippen molar-refractivity contribution in [1.82, 2.24) is 4.31 Å². The maximum atomic E-state index is 11.6. The predicted octanol–water partition coefficient (Wildman–Crippen LogP) is 1.11. The van der Waals surface area contributed by atoms with E-state index >= 15 is 0 Å². The molecule has 0 aliphatic carbocycles. The first-order valence-corrected chi connectivity index (χ1v) is 5.70. The molecule has 0 atom stereocenters. The Labute approximate surface area is 93.2 Å². The van der Waals surface area contributed by atoms with Gasteiger partial charge in [-0.1, -0.05) is 18.2 Å². The molecule has 3 nitrogen and oxygen atoms in total. The van der Waals surface area contributed by atoms with E-state index in [1.807, 2.05) is 28.6 Å². The quantitative estimate of drug-likeness (QED) is 0.763. The number of nitrogens with zero attached hydrogens (tertiary/aromatic N) is 1. The van der Waals surface area contributed by atoms with Crippen LogP contribution in [0.1, 0.15) is 5.56 Å². The standard InChI is InChI=1S/C11H13NO2S/c13-6-5-12-8-10(14)7-9-3-1-2-4-11(9)15-12/h1-4,13H,5-8H2. The van der Waals surface area contributed by atoms with E-state index in [-0.39, 0.29) is 12.4 Å². The van der Waals surface area contributed by atoms with Crippen molar-refractivity contribution < 1.29 is 9.90 Å². The third kappa shape index (κ3) is 2.59. The maximum Gasteiger partial charge on any atom is 0.152 e. The number of ketones is 1. The van der Waals surface area contributed by atoms with Crippen LogP contribution in [0.3, 0.4) is 0 Å². The van der Waals surface area contributed by atoms with Crippen LogP contribution in [0.15, 0.2) is 29.2 Å². The van der Waals surface area contributed by atoms with E-state index in [2.05, 4.69) is 0 Å². The van der Waals surface area contributed by atoms with Gasteiger partial charge in [0.05, 0.1) is 13.2 Å². The summed E-state index contributed by atoms with van der Waals surface area (Å²) >= 11 is 1.56. The minimum Gasteiger partial charge on any atom is -0.395 e. The Morgan fingerprint density at radius 3 is 3.00 bits per heavy atom. The number of hydrogen-bond acceptors (Lipinski definition) is 4. The predicted molar refractivity (Wildman–Crippen MR) is 59.7 cm³/mol. The molecule has 0 bridgehead atoms. The number of rotatable bonds is 2. The van der Waals surface area contributed by atoms with E-state index in [9.17, 15) is 4.79 Å². The van der Waals surface area contributed by atoms with Gasteiger partial charge in [0.25, 0.3) is 0 Å². The molecule has 4 heteroatoms. The lowest BCUT2D eigenvalue weighted by molar-refractivity contribution is -0.118. The van der Waals surface area contributed by atoms with Crippen LogP contribution in [0.25, 0.3) is 0 Å². The van der Waals surface area contributed by atoms with Gasteiger partial charge in [-0.15, -0.1) is 0 Å². The Morgan fingerprint density at radius 2 is 2.20 bits per heavy atom. The number of carbonyl (C=O) groups excluding carboxylic acids is 1. The average Bonchev–Trinajstić information content (AvgIpc) is 2.35. The van der Waals surface area contributed by atoms with Crippen LogP contribution in [0, 0.1) is 0 Å². The van der Waals surface area contributed by atoms with E-state index in [4.69, 9.17) is 5.11 Å². The summed E-state index contributed by atoms with van der Waals surface area (Å²) in [5.74, 6) is 0.209. The number of benzene rings is 1. The summed E-state index contributed by atoms with van der Waals surface area (Å²) in [5, 5.41) is 8.88. The van der Waals surface area contributed by atoms with Gasteiger partial charge in [0.15, 0.2) is 5.78 Å². The number of hydrogen-bond donors (Lipinski definition) is 1. The summed E-state index contributed by atoms with van der Waals surface area (Å²) in [6.45, 7) is 1.03. The Kier molecular flexibility index (Phi) is 3.41. The van der Waals surface area contributed by atoms with Gasteiger partial charge in [0.1, 0.15) is 0 Å². The summed E-state index contributed by atoms with van der Waals surface area (Å²) in [6, 6.07) is 7.93.